The lowest BCUT2D eigenvalue weighted by Crippen LogP contribution is -1.97. The van der Waals surface area contributed by atoms with Crippen molar-refractivity contribution >= 4 is 63.1 Å². The van der Waals surface area contributed by atoms with E-state index >= 15 is 0 Å². The van der Waals surface area contributed by atoms with Crippen LogP contribution in [-0.2, 0) is 0 Å². The van der Waals surface area contributed by atoms with Gasteiger partial charge in [-0.1, -0.05) is 121 Å². The minimum atomic E-state index is -1.05. The Morgan fingerprint density at radius 1 is 0.463 bits per heavy atom. The molecule has 2 aliphatic heterocycles. The molecule has 7 heteroatoms. The molecule has 0 amide bonds. The van der Waals surface area contributed by atoms with Crippen molar-refractivity contribution in [1.82, 2.24) is 24.9 Å². The van der Waals surface area contributed by atoms with E-state index in [0.29, 0.717) is 16.6 Å². The van der Waals surface area contributed by atoms with Crippen LogP contribution in [0.2, 0.25) is 0 Å². The van der Waals surface area contributed by atoms with Crippen molar-refractivity contribution in [3.8, 4) is 44.5 Å². The molecule has 4 aromatic heterocycles. The van der Waals surface area contributed by atoms with Gasteiger partial charge in [0.25, 0.3) is 0 Å². The van der Waals surface area contributed by atoms with Crippen LogP contribution < -0.4 is 0 Å². The lowest BCUT2D eigenvalue weighted by Gasteiger charge is -2.07. The highest BCUT2D eigenvalue weighted by Gasteiger charge is 2.24. The topological polar surface area (TPSA) is 110 Å². The minimum absolute atomic E-state index is 0.0963. The quantitative estimate of drug-likeness (QED) is 0.143. The summed E-state index contributed by atoms with van der Waals surface area (Å²) >= 11 is 0. The zero-order valence-electron chi connectivity index (χ0n) is 28.8. The molecule has 4 aromatic carbocycles. The van der Waals surface area contributed by atoms with Crippen molar-refractivity contribution in [2.45, 2.75) is 0 Å². The molecule has 8 bridgehead atoms. The van der Waals surface area contributed by atoms with Gasteiger partial charge in [-0.15, -0.1) is 0 Å². The predicted octanol–water partition coefficient (Wildman–Crippen LogP) is 11.5. The maximum atomic E-state index is 12.9. The Labute approximate surface area is 309 Å². The number of fused-ring (bicyclic) bond motifs is 11. The number of nitrogens with zero attached hydrogens (tertiary/aromatic N) is 2. The van der Waals surface area contributed by atoms with Crippen molar-refractivity contribution < 1.29 is 9.90 Å². The van der Waals surface area contributed by atoms with E-state index in [9.17, 15) is 9.90 Å². The monoisotopic (exact) mass is 697 g/mol. The molecule has 10 rings (SSSR count). The number of carboxylic acids is 1. The fourth-order valence-electron chi connectivity index (χ4n) is 7.80. The SMILES string of the molecule is O=C(O)c1[nH]cc2c3[nH]c(c(-c4ccccc4)c4nc(c(-c5ccccc5)c5ccc([nH]5)c(-c5ccccc5)c5nc(c3-c3ccccc3)C=C5)C=C4)c12. The van der Waals surface area contributed by atoms with E-state index in [1.54, 1.807) is 6.20 Å². The number of aromatic carboxylic acids is 1. The molecule has 256 valence electrons. The molecule has 0 radical (unpaired) electrons. The molecule has 7 nitrogen and oxygen atoms in total. The van der Waals surface area contributed by atoms with Crippen LogP contribution in [0.3, 0.4) is 0 Å². The Morgan fingerprint density at radius 3 is 1.28 bits per heavy atom. The standard InChI is InChI=1S/C47H31N5O2/c53-47(54)46-43-32(27-48-46)44-41(30-17-9-3-10-18-30)37-25-23-35(50-37)39(28-13-5-1-6-14-28)33-21-22-34(49-33)40(29-15-7-2-8-16-29)36-24-26-38(51-36)42(45(43)52-44)31-19-11-4-12-20-31/h1-27,48-49,52H,(H,53,54). The highest BCUT2D eigenvalue weighted by atomic mass is 16.4. The summed E-state index contributed by atoms with van der Waals surface area (Å²) in [6.45, 7) is 0. The first-order chi connectivity index (χ1) is 26.6. The van der Waals surface area contributed by atoms with E-state index in [1.165, 1.54) is 0 Å². The molecule has 0 saturated carbocycles. The molecule has 0 unspecified atom stereocenters. The summed E-state index contributed by atoms with van der Waals surface area (Å²) in [4.78, 5) is 34.3. The molecular weight excluding hydrogens is 667 g/mol. The summed E-state index contributed by atoms with van der Waals surface area (Å²) in [6, 6.07) is 44.9. The fraction of sp³-hybridized carbons (Fsp3) is 0. The van der Waals surface area contributed by atoms with Gasteiger partial charge < -0.3 is 20.1 Å². The maximum absolute atomic E-state index is 12.9. The zero-order chi connectivity index (χ0) is 36.2. The Bertz CT molecular complexity index is 2990. The molecule has 6 heterocycles. The second-order valence-corrected chi connectivity index (χ2v) is 13.3. The summed E-state index contributed by atoms with van der Waals surface area (Å²) in [5.74, 6) is -1.05. The van der Waals surface area contributed by atoms with E-state index in [0.717, 1.165) is 83.5 Å². The van der Waals surface area contributed by atoms with Gasteiger partial charge in [0.15, 0.2) is 0 Å². The second kappa shape index (κ2) is 12.6. The van der Waals surface area contributed by atoms with Crippen molar-refractivity contribution in [2.24, 2.45) is 0 Å². The molecule has 2 aliphatic rings. The number of rotatable bonds is 5. The number of hydrogen-bond acceptors (Lipinski definition) is 3. The summed E-state index contributed by atoms with van der Waals surface area (Å²) in [6.07, 6.45) is 9.96. The maximum Gasteiger partial charge on any atom is 0.353 e. The van der Waals surface area contributed by atoms with Gasteiger partial charge in [-0.2, -0.15) is 0 Å². The van der Waals surface area contributed by atoms with E-state index in [-0.39, 0.29) is 5.69 Å². The first-order valence-electron chi connectivity index (χ1n) is 17.8. The van der Waals surface area contributed by atoms with Gasteiger partial charge >= 0.3 is 5.97 Å². The van der Waals surface area contributed by atoms with Gasteiger partial charge in [-0.25, -0.2) is 14.8 Å². The van der Waals surface area contributed by atoms with Crippen LogP contribution in [0.4, 0.5) is 0 Å². The molecule has 8 aromatic rings. The van der Waals surface area contributed by atoms with Gasteiger partial charge in [-0.3, -0.25) is 0 Å². The normalized spacial score (nSPS) is 12.1. The number of nitrogens with one attached hydrogen (secondary N) is 3. The van der Waals surface area contributed by atoms with Gasteiger partial charge in [0.05, 0.1) is 33.8 Å². The van der Waals surface area contributed by atoms with Gasteiger partial charge in [-0.05, 0) is 58.7 Å². The molecule has 0 spiro atoms. The number of carboxylic acid groups (broad SMARTS) is 1. The third kappa shape index (κ3) is 5.10. The lowest BCUT2D eigenvalue weighted by atomic mass is 10.0. The van der Waals surface area contributed by atoms with Crippen LogP contribution in [-0.4, -0.2) is 36.0 Å². The number of aromatic amines is 3. The molecule has 54 heavy (non-hydrogen) atoms. The van der Waals surface area contributed by atoms with Crippen LogP contribution in [0.5, 0.6) is 0 Å². The van der Waals surface area contributed by atoms with Crippen molar-refractivity contribution in [1.29, 1.82) is 0 Å². The number of carbonyl (C=O) groups is 1. The molecular formula is C47H31N5O2. The largest absolute Gasteiger partial charge is 0.477 e. The van der Waals surface area contributed by atoms with Crippen LogP contribution in [0, 0.1) is 0 Å². The predicted molar refractivity (Wildman–Crippen MR) is 219 cm³/mol. The highest BCUT2D eigenvalue weighted by molar-refractivity contribution is 6.22. The van der Waals surface area contributed by atoms with Crippen LogP contribution >= 0.6 is 0 Å². The smallest absolute Gasteiger partial charge is 0.353 e. The Balaban J connectivity index is 1.48. The van der Waals surface area contributed by atoms with Crippen LogP contribution in [0.25, 0.3) is 102 Å². The third-order valence-electron chi connectivity index (χ3n) is 10.1. The van der Waals surface area contributed by atoms with E-state index < -0.39 is 5.97 Å². The summed E-state index contributed by atoms with van der Waals surface area (Å²) in [5, 5.41) is 11.9. The molecule has 0 aliphatic carbocycles. The minimum Gasteiger partial charge on any atom is -0.477 e. The van der Waals surface area contributed by atoms with E-state index in [1.807, 2.05) is 103 Å². The highest BCUT2D eigenvalue weighted by Crippen LogP contribution is 2.42. The summed E-state index contributed by atoms with van der Waals surface area (Å²) < 4.78 is 0. The Kier molecular flexibility index (Phi) is 7.30. The van der Waals surface area contributed by atoms with Crippen LogP contribution in [0.15, 0.2) is 140 Å². The van der Waals surface area contributed by atoms with Gasteiger partial charge in [0.2, 0.25) is 0 Å². The number of H-pyrrole nitrogens is 3. The molecule has 0 saturated heterocycles. The van der Waals surface area contributed by atoms with Gasteiger partial charge in [0, 0.05) is 50.3 Å². The van der Waals surface area contributed by atoms with E-state index in [4.69, 9.17) is 9.97 Å². The van der Waals surface area contributed by atoms with Crippen LogP contribution in [0.1, 0.15) is 33.3 Å². The average Bonchev–Trinajstić information content (AvgIpc) is 4.06. The summed E-state index contributed by atoms with van der Waals surface area (Å²) in [5.41, 5.74) is 13.8. The van der Waals surface area contributed by atoms with E-state index in [2.05, 4.69) is 69.6 Å². The first-order valence-corrected chi connectivity index (χ1v) is 17.8. The summed E-state index contributed by atoms with van der Waals surface area (Å²) in [7, 11) is 0. The zero-order valence-corrected chi connectivity index (χ0v) is 28.8. The average molecular weight is 698 g/mol. The third-order valence-corrected chi connectivity index (χ3v) is 10.1. The number of hydrogen-bond donors (Lipinski definition) is 4. The van der Waals surface area contributed by atoms with Gasteiger partial charge in [0.1, 0.15) is 5.69 Å². The molecule has 0 fully saturated rings. The van der Waals surface area contributed by atoms with Crippen molar-refractivity contribution in [3.05, 3.63) is 168 Å². The van der Waals surface area contributed by atoms with Crippen molar-refractivity contribution in [3.63, 3.8) is 0 Å². The lowest BCUT2D eigenvalue weighted by molar-refractivity contribution is 0.0693. The molecule has 0 atom stereocenters. The molecule has 4 N–H and O–H groups in total. The second-order valence-electron chi connectivity index (χ2n) is 13.3. The number of benzene rings is 4. The van der Waals surface area contributed by atoms with Crippen molar-refractivity contribution in [2.75, 3.05) is 0 Å². The Morgan fingerprint density at radius 2 is 0.852 bits per heavy atom. The number of aromatic nitrogens is 5. The first kappa shape index (κ1) is 31.2. The Hall–Kier alpha value is -7.51. The fourth-order valence-corrected chi connectivity index (χ4v) is 7.80.